The highest BCUT2D eigenvalue weighted by molar-refractivity contribution is 6.37. The maximum Gasteiger partial charge on any atom is 0.340 e. The molecule has 132 valence electrons. The van der Waals surface area contributed by atoms with Gasteiger partial charge in [0.15, 0.2) is 6.61 Å². The van der Waals surface area contributed by atoms with Crippen molar-refractivity contribution in [1.29, 1.82) is 0 Å². The number of rotatable bonds is 6. The first-order valence-electron chi connectivity index (χ1n) is 7.04. The number of carbonyl (C=O) groups excluding carboxylic acids is 2. The van der Waals surface area contributed by atoms with Crippen LogP contribution in [0.1, 0.15) is 20.7 Å². The van der Waals surface area contributed by atoms with Crippen LogP contribution in [0.5, 0.6) is 11.5 Å². The Labute approximate surface area is 154 Å². The molecule has 2 aromatic rings. The molecule has 0 atom stereocenters. The van der Waals surface area contributed by atoms with Crippen LogP contribution in [0, 0.1) is 0 Å². The number of ether oxygens (including phenoxy) is 3. The van der Waals surface area contributed by atoms with Gasteiger partial charge in [0, 0.05) is 11.1 Å². The molecule has 0 aliphatic heterocycles. The third-order valence-electron chi connectivity index (χ3n) is 3.36. The van der Waals surface area contributed by atoms with Crippen molar-refractivity contribution in [1.82, 2.24) is 0 Å². The first-order valence-corrected chi connectivity index (χ1v) is 7.79. The standard InChI is InChI=1S/C17H15Cl2NO5/c1-23-10-3-4-11(15(7-10)24-2)14(21)8-25-17(22)12-5-9(18)6-13(19)16(12)20/h3-7H,8,20H2,1-2H3. The molecular weight excluding hydrogens is 369 g/mol. The molecule has 0 aliphatic carbocycles. The van der Waals surface area contributed by atoms with E-state index in [0.717, 1.165) is 0 Å². The molecule has 0 amide bonds. The highest BCUT2D eigenvalue weighted by atomic mass is 35.5. The lowest BCUT2D eigenvalue weighted by atomic mass is 10.1. The molecule has 0 fully saturated rings. The minimum atomic E-state index is -0.803. The highest BCUT2D eigenvalue weighted by Crippen LogP contribution is 2.28. The van der Waals surface area contributed by atoms with Crippen LogP contribution >= 0.6 is 23.2 Å². The molecule has 0 saturated heterocycles. The van der Waals surface area contributed by atoms with Gasteiger partial charge in [0.05, 0.1) is 36.1 Å². The van der Waals surface area contributed by atoms with Crippen molar-refractivity contribution < 1.29 is 23.8 Å². The van der Waals surface area contributed by atoms with Crippen LogP contribution in [-0.4, -0.2) is 32.6 Å². The van der Waals surface area contributed by atoms with E-state index >= 15 is 0 Å². The average molecular weight is 384 g/mol. The molecule has 0 heterocycles. The monoisotopic (exact) mass is 383 g/mol. The van der Waals surface area contributed by atoms with E-state index in [-0.39, 0.29) is 26.9 Å². The SMILES string of the molecule is COc1ccc(C(=O)COC(=O)c2cc(Cl)cc(Cl)c2N)c(OC)c1. The van der Waals surface area contributed by atoms with Gasteiger partial charge in [-0.2, -0.15) is 0 Å². The quantitative estimate of drug-likeness (QED) is 0.465. The summed E-state index contributed by atoms with van der Waals surface area (Å²) >= 11 is 11.7. The zero-order chi connectivity index (χ0) is 18.6. The molecule has 0 radical (unpaired) electrons. The predicted octanol–water partition coefficient (Wildman–Crippen LogP) is 3.63. The van der Waals surface area contributed by atoms with Crippen LogP contribution in [-0.2, 0) is 4.74 Å². The zero-order valence-electron chi connectivity index (χ0n) is 13.5. The van der Waals surface area contributed by atoms with Gasteiger partial charge in [-0.15, -0.1) is 0 Å². The second-order valence-corrected chi connectivity index (χ2v) is 5.76. The van der Waals surface area contributed by atoms with Gasteiger partial charge in [-0.05, 0) is 24.3 Å². The zero-order valence-corrected chi connectivity index (χ0v) is 15.0. The number of Topliss-reactive ketones (excluding diaryl/α,β-unsaturated/α-hetero) is 1. The van der Waals surface area contributed by atoms with E-state index in [1.807, 2.05) is 0 Å². The topological polar surface area (TPSA) is 87.9 Å². The minimum Gasteiger partial charge on any atom is -0.497 e. The smallest absolute Gasteiger partial charge is 0.340 e. The number of nitrogens with two attached hydrogens (primary N) is 1. The number of hydrogen-bond donors (Lipinski definition) is 1. The molecule has 0 aromatic heterocycles. The molecule has 0 unspecified atom stereocenters. The van der Waals surface area contributed by atoms with Crippen LogP contribution in [0.3, 0.4) is 0 Å². The van der Waals surface area contributed by atoms with Crippen molar-refractivity contribution in [3.8, 4) is 11.5 Å². The predicted molar refractivity (Wildman–Crippen MR) is 95.0 cm³/mol. The Morgan fingerprint density at radius 1 is 1.04 bits per heavy atom. The number of anilines is 1. The Morgan fingerprint density at radius 2 is 1.76 bits per heavy atom. The van der Waals surface area contributed by atoms with E-state index in [9.17, 15) is 9.59 Å². The van der Waals surface area contributed by atoms with Crippen LogP contribution in [0.4, 0.5) is 5.69 Å². The number of ketones is 1. The summed E-state index contributed by atoms with van der Waals surface area (Å²) in [6.45, 7) is -0.495. The van der Waals surface area contributed by atoms with Gasteiger partial charge in [-0.1, -0.05) is 23.2 Å². The van der Waals surface area contributed by atoms with Gasteiger partial charge >= 0.3 is 5.97 Å². The number of carbonyl (C=O) groups is 2. The molecule has 0 spiro atoms. The van der Waals surface area contributed by atoms with Crippen LogP contribution in [0.2, 0.25) is 10.0 Å². The minimum absolute atomic E-state index is 0.00741. The van der Waals surface area contributed by atoms with Crippen molar-refractivity contribution in [3.63, 3.8) is 0 Å². The van der Waals surface area contributed by atoms with E-state index in [2.05, 4.69) is 0 Å². The number of esters is 1. The molecule has 2 N–H and O–H groups in total. The maximum absolute atomic E-state index is 12.3. The van der Waals surface area contributed by atoms with Crippen LogP contribution in [0.25, 0.3) is 0 Å². The first kappa shape index (κ1) is 18.9. The lowest BCUT2D eigenvalue weighted by molar-refractivity contribution is 0.0475. The second kappa shape index (κ2) is 8.09. The molecule has 2 aromatic carbocycles. The Hall–Kier alpha value is -2.44. The number of methoxy groups -OCH3 is 2. The van der Waals surface area contributed by atoms with Crippen LogP contribution < -0.4 is 15.2 Å². The Kier molecular flexibility index (Phi) is 6.12. The number of hydrogen-bond acceptors (Lipinski definition) is 6. The summed E-state index contributed by atoms with van der Waals surface area (Å²) in [6.07, 6.45) is 0. The Bertz CT molecular complexity index is 823. The van der Waals surface area contributed by atoms with Gasteiger partial charge in [0.2, 0.25) is 5.78 Å². The molecule has 6 nitrogen and oxygen atoms in total. The molecule has 8 heteroatoms. The number of benzene rings is 2. The molecule has 2 rings (SSSR count). The lowest BCUT2D eigenvalue weighted by Gasteiger charge is -2.11. The normalized spacial score (nSPS) is 10.2. The Morgan fingerprint density at radius 3 is 2.40 bits per heavy atom. The second-order valence-electron chi connectivity index (χ2n) is 4.91. The van der Waals surface area contributed by atoms with Crippen molar-refractivity contribution >= 4 is 40.6 Å². The van der Waals surface area contributed by atoms with Crippen molar-refractivity contribution in [2.45, 2.75) is 0 Å². The van der Waals surface area contributed by atoms with Gasteiger partial charge in [0.1, 0.15) is 11.5 Å². The summed E-state index contributed by atoms with van der Waals surface area (Å²) in [5.74, 6) is -0.403. The molecule has 25 heavy (non-hydrogen) atoms. The van der Waals surface area contributed by atoms with Crippen molar-refractivity contribution in [2.24, 2.45) is 0 Å². The molecule has 0 bridgehead atoms. The first-order chi connectivity index (χ1) is 11.9. The van der Waals surface area contributed by atoms with Gasteiger partial charge < -0.3 is 19.9 Å². The van der Waals surface area contributed by atoms with Gasteiger partial charge in [-0.25, -0.2) is 4.79 Å². The highest BCUT2D eigenvalue weighted by Gasteiger charge is 2.19. The summed E-state index contributed by atoms with van der Waals surface area (Å²) in [5, 5.41) is 0.358. The van der Waals surface area contributed by atoms with Gasteiger partial charge in [-0.3, -0.25) is 4.79 Å². The molecule has 0 saturated carbocycles. The Balaban J connectivity index is 2.14. The average Bonchev–Trinajstić information content (AvgIpc) is 2.61. The summed E-state index contributed by atoms with van der Waals surface area (Å²) in [4.78, 5) is 24.4. The van der Waals surface area contributed by atoms with E-state index in [1.165, 1.54) is 32.4 Å². The fraction of sp³-hybridized carbons (Fsp3) is 0.176. The summed E-state index contributed by atoms with van der Waals surface area (Å²) in [6, 6.07) is 7.42. The number of nitrogen functional groups attached to an aromatic ring is 1. The van der Waals surface area contributed by atoms with E-state index in [4.69, 9.17) is 43.1 Å². The van der Waals surface area contributed by atoms with Crippen molar-refractivity contribution in [2.75, 3.05) is 26.6 Å². The molecule has 0 aliphatic rings. The fourth-order valence-electron chi connectivity index (χ4n) is 2.07. The third-order valence-corrected chi connectivity index (χ3v) is 3.89. The van der Waals surface area contributed by atoms with Crippen molar-refractivity contribution in [3.05, 3.63) is 51.5 Å². The number of halogens is 2. The van der Waals surface area contributed by atoms with Gasteiger partial charge in [0.25, 0.3) is 0 Å². The lowest BCUT2D eigenvalue weighted by Crippen LogP contribution is -2.16. The van der Waals surface area contributed by atoms with Crippen LogP contribution in [0.15, 0.2) is 30.3 Å². The van der Waals surface area contributed by atoms with E-state index in [1.54, 1.807) is 12.1 Å². The van der Waals surface area contributed by atoms with E-state index in [0.29, 0.717) is 11.5 Å². The summed E-state index contributed by atoms with van der Waals surface area (Å²) in [7, 11) is 2.92. The third kappa shape index (κ3) is 4.35. The largest absolute Gasteiger partial charge is 0.497 e. The summed E-state index contributed by atoms with van der Waals surface area (Å²) in [5.41, 5.74) is 6.02. The molecular formula is C17H15Cl2NO5. The maximum atomic E-state index is 12.3. The summed E-state index contributed by atoms with van der Waals surface area (Å²) < 4.78 is 15.2. The van der Waals surface area contributed by atoms with E-state index < -0.39 is 18.4 Å². The fourth-order valence-corrected chi connectivity index (χ4v) is 2.56.